The summed E-state index contributed by atoms with van der Waals surface area (Å²) in [5.74, 6) is 0.353. The zero-order valence-corrected chi connectivity index (χ0v) is 12.3. The number of carbonyl (C=O) groups is 1. The first kappa shape index (κ1) is 15.3. The SMILES string of the molecule is CC(C)C(C(=O)NC(CO)c1ccco1)c1ccccc1. The van der Waals surface area contributed by atoms with Gasteiger partial charge in [0.25, 0.3) is 0 Å². The molecule has 0 spiro atoms. The second kappa shape index (κ2) is 7.09. The molecule has 0 saturated carbocycles. The maximum Gasteiger partial charge on any atom is 0.228 e. The van der Waals surface area contributed by atoms with Crippen LogP contribution < -0.4 is 5.32 Å². The Labute approximate surface area is 124 Å². The number of aliphatic hydroxyl groups excluding tert-OH is 1. The Hall–Kier alpha value is -2.07. The van der Waals surface area contributed by atoms with Gasteiger partial charge >= 0.3 is 0 Å². The van der Waals surface area contributed by atoms with E-state index in [1.54, 1.807) is 12.1 Å². The van der Waals surface area contributed by atoms with Gasteiger partial charge in [-0.15, -0.1) is 0 Å². The summed E-state index contributed by atoms with van der Waals surface area (Å²) in [4.78, 5) is 12.6. The van der Waals surface area contributed by atoms with Gasteiger partial charge in [0, 0.05) is 0 Å². The molecule has 2 rings (SSSR count). The predicted molar refractivity (Wildman–Crippen MR) is 80.7 cm³/mol. The van der Waals surface area contributed by atoms with Gasteiger partial charge in [-0.1, -0.05) is 44.2 Å². The molecule has 0 aliphatic heterocycles. The highest BCUT2D eigenvalue weighted by Crippen LogP contribution is 2.25. The van der Waals surface area contributed by atoms with Crippen molar-refractivity contribution >= 4 is 5.91 Å². The van der Waals surface area contributed by atoms with Gasteiger partial charge < -0.3 is 14.8 Å². The lowest BCUT2D eigenvalue weighted by atomic mass is 9.87. The molecule has 0 aliphatic carbocycles. The zero-order chi connectivity index (χ0) is 15.2. The molecule has 0 saturated heterocycles. The highest BCUT2D eigenvalue weighted by molar-refractivity contribution is 5.84. The van der Waals surface area contributed by atoms with Gasteiger partial charge in [0.1, 0.15) is 11.8 Å². The van der Waals surface area contributed by atoms with E-state index in [0.29, 0.717) is 5.76 Å². The van der Waals surface area contributed by atoms with Crippen LogP contribution in [0.25, 0.3) is 0 Å². The van der Waals surface area contributed by atoms with Gasteiger partial charge in [-0.3, -0.25) is 4.79 Å². The largest absolute Gasteiger partial charge is 0.467 e. The number of furan rings is 1. The third kappa shape index (κ3) is 3.73. The van der Waals surface area contributed by atoms with Gasteiger partial charge in [-0.2, -0.15) is 0 Å². The standard InChI is InChI=1S/C17H21NO3/c1-12(2)16(13-7-4-3-5-8-13)17(20)18-14(11-19)15-9-6-10-21-15/h3-10,12,14,16,19H,11H2,1-2H3,(H,18,20). The number of carbonyl (C=O) groups excluding carboxylic acids is 1. The molecule has 0 aliphatic rings. The summed E-state index contributed by atoms with van der Waals surface area (Å²) in [6.45, 7) is 3.83. The minimum atomic E-state index is -0.516. The summed E-state index contributed by atoms with van der Waals surface area (Å²) < 4.78 is 5.26. The summed E-state index contributed by atoms with van der Waals surface area (Å²) in [5.41, 5.74) is 0.973. The fourth-order valence-corrected chi connectivity index (χ4v) is 2.46. The average molecular weight is 287 g/mol. The van der Waals surface area contributed by atoms with E-state index in [4.69, 9.17) is 4.42 Å². The van der Waals surface area contributed by atoms with Crippen LogP contribution in [-0.2, 0) is 4.79 Å². The lowest BCUT2D eigenvalue weighted by Crippen LogP contribution is -2.36. The summed E-state index contributed by atoms with van der Waals surface area (Å²) >= 11 is 0. The molecule has 2 aromatic rings. The first-order valence-corrected chi connectivity index (χ1v) is 7.13. The van der Waals surface area contributed by atoms with Crippen LogP contribution in [-0.4, -0.2) is 17.6 Å². The van der Waals surface area contributed by atoms with Gasteiger partial charge in [-0.05, 0) is 23.6 Å². The van der Waals surface area contributed by atoms with E-state index in [0.717, 1.165) is 5.56 Å². The van der Waals surface area contributed by atoms with Crippen molar-refractivity contribution in [3.63, 3.8) is 0 Å². The Kier molecular flexibility index (Phi) is 5.17. The highest BCUT2D eigenvalue weighted by atomic mass is 16.3. The van der Waals surface area contributed by atoms with Crippen LogP contribution in [0.1, 0.15) is 37.1 Å². The van der Waals surface area contributed by atoms with Gasteiger partial charge in [0.05, 0.1) is 18.8 Å². The quantitative estimate of drug-likeness (QED) is 0.858. The Bertz CT molecular complexity index is 549. The second-order valence-corrected chi connectivity index (χ2v) is 5.39. The van der Waals surface area contributed by atoms with Crippen molar-refractivity contribution in [1.82, 2.24) is 5.32 Å². The molecule has 1 aromatic heterocycles. The van der Waals surface area contributed by atoms with E-state index in [-0.39, 0.29) is 24.3 Å². The summed E-state index contributed by atoms with van der Waals surface area (Å²) in [6.07, 6.45) is 1.53. The molecule has 0 fully saturated rings. The molecule has 112 valence electrons. The minimum absolute atomic E-state index is 0.105. The molecule has 1 heterocycles. The number of hydrogen-bond acceptors (Lipinski definition) is 3. The molecular weight excluding hydrogens is 266 g/mol. The third-order valence-corrected chi connectivity index (χ3v) is 3.49. The van der Waals surface area contributed by atoms with Crippen molar-refractivity contribution in [2.24, 2.45) is 5.92 Å². The maximum absolute atomic E-state index is 12.6. The van der Waals surface area contributed by atoms with Crippen molar-refractivity contribution < 1.29 is 14.3 Å². The van der Waals surface area contributed by atoms with Crippen molar-refractivity contribution in [3.8, 4) is 0 Å². The van der Waals surface area contributed by atoms with E-state index in [2.05, 4.69) is 5.32 Å². The van der Waals surface area contributed by atoms with Gasteiger partial charge in [-0.25, -0.2) is 0 Å². The normalized spacial score (nSPS) is 13.9. The number of amides is 1. The van der Waals surface area contributed by atoms with Crippen LogP contribution in [0.5, 0.6) is 0 Å². The van der Waals surface area contributed by atoms with Crippen LogP contribution in [0.15, 0.2) is 53.1 Å². The topological polar surface area (TPSA) is 62.5 Å². The van der Waals surface area contributed by atoms with Crippen LogP contribution in [0.2, 0.25) is 0 Å². The monoisotopic (exact) mass is 287 g/mol. The number of hydrogen-bond donors (Lipinski definition) is 2. The summed E-state index contributed by atoms with van der Waals surface area (Å²) in [5, 5.41) is 12.3. The average Bonchev–Trinajstić information content (AvgIpc) is 2.99. The molecule has 0 bridgehead atoms. The van der Waals surface area contributed by atoms with Crippen LogP contribution >= 0.6 is 0 Å². The molecule has 2 atom stereocenters. The van der Waals surface area contributed by atoms with E-state index < -0.39 is 6.04 Å². The number of nitrogens with one attached hydrogen (secondary N) is 1. The first-order valence-electron chi connectivity index (χ1n) is 7.13. The number of aliphatic hydroxyl groups is 1. The van der Waals surface area contributed by atoms with Crippen molar-refractivity contribution in [3.05, 3.63) is 60.1 Å². The Morgan fingerprint density at radius 3 is 2.43 bits per heavy atom. The molecule has 2 N–H and O–H groups in total. The molecule has 4 heteroatoms. The molecular formula is C17H21NO3. The zero-order valence-electron chi connectivity index (χ0n) is 12.3. The molecule has 4 nitrogen and oxygen atoms in total. The van der Waals surface area contributed by atoms with Gasteiger partial charge in [0.2, 0.25) is 5.91 Å². The summed E-state index contributed by atoms with van der Waals surface area (Å²) in [6, 6.07) is 12.6. The van der Waals surface area contributed by atoms with Gasteiger partial charge in [0.15, 0.2) is 0 Å². The van der Waals surface area contributed by atoms with E-state index in [1.807, 2.05) is 44.2 Å². The highest BCUT2D eigenvalue weighted by Gasteiger charge is 2.27. The molecule has 1 amide bonds. The molecule has 1 aromatic carbocycles. The lowest BCUT2D eigenvalue weighted by molar-refractivity contribution is -0.124. The van der Waals surface area contributed by atoms with E-state index in [9.17, 15) is 9.90 Å². The number of benzene rings is 1. The Morgan fingerprint density at radius 1 is 1.19 bits per heavy atom. The van der Waals surface area contributed by atoms with Crippen LogP contribution in [0.4, 0.5) is 0 Å². The third-order valence-electron chi connectivity index (χ3n) is 3.49. The smallest absolute Gasteiger partial charge is 0.228 e. The van der Waals surface area contributed by atoms with Crippen molar-refractivity contribution in [2.45, 2.75) is 25.8 Å². The van der Waals surface area contributed by atoms with Crippen molar-refractivity contribution in [2.75, 3.05) is 6.61 Å². The second-order valence-electron chi connectivity index (χ2n) is 5.39. The Morgan fingerprint density at radius 2 is 1.90 bits per heavy atom. The molecule has 21 heavy (non-hydrogen) atoms. The minimum Gasteiger partial charge on any atom is -0.467 e. The fraction of sp³-hybridized carbons (Fsp3) is 0.353. The molecule has 0 radical (unpaired) electrons. The Balaban J connectivity index is 2.16. The lowest BCUT2D eigenvalue weighted by Gasteiger charge is -2.23. The maximum atomic E-state index is 12.6. The number of rotatable bonds is 6. The van der Waals surface area contributed by atoms with Crippen molar-refractivity contribution in [1.29, 1.82) is 0 Å². The van der Waals surface area contributed by atoms with Crippen LogP contribution in [0, 0.1) is 5.92 Å². The molecule has 2 unspecified atom stereocenters. The van der Waals surface area contributed by atoms with Crippen LogP contribution in [0.3, 0.4) is 0 Å². The van der Waals surface area contributed by atoms with E-state index in [1.165, 1.54) is 6.26 Å². The predicted octanol–water partition coefficient (Wildman–Crippen LogP) is 2.87. The summed E-state index contributed by atoms with van der Waals surface area (Å²) in [7, 11) is 0. The van der Waals surface area contributed by atoms with E-state index >= 15 is 0 Å². The fourth-order valence-electron chi connectivity index (χ4n) is 2.46. The first-order chi connectivity index (χ1) is 10.1.